The van der Waals surface area contributed by atoms with Gasteiger partial charge in [0.15, 0.2) is 17.5 Å². The molecule has 10 aromatic rings. The summed E-state index contributed by atoms with van der Waals surface area (Å²) in [5.41, 5.74) is 16.5. The number of fused-ring (bicyclic) bond motifs is 11. The molecule has 0 amide bonds. The third-order valence-electron chi connectivity index (χ3n) is 15.3. The fourth-order valence-electron chi connectivity index (χ4n) is 12.0. The zero-order chi connectivity index (χ0) is 47.6. The van der Waals surface area contributed by atoms with Crippen molar-refractivity contribution in [2.45, 2.75) is 36.2 Å². The van der Waals surface area contributed by atoms with Crippen LogP contribution in [-0.2, 0) is 11.8 Å². The molecule has 1 aromatic heterocycles. The molecule has 5 nitrogen and oxygen atoms in total. The van der Waals surface area contributed by atoms with Crippen LogP contribution in [0.4, 0.5) is 0 Å². The van der Waals surface area contributed by atoms with Crippen molar-refractivity contribution in [2.24, 2.45) is 0 Å². The Morgan fingerprint density at radius 1 is 0.417 bits per heavy atom. The molecule has 1 spiro atoms. The smallest absolute Gasteiger partial charge is 0.164 e. The van der Waals surface area contributed by atoms with Crippen molar-refractivity contribution in [3.8, 4) is 62.3 Å². The van der Waals surface area contributed by atoms with E-state index in [-0.39, 0.29) is 17.9 Å². The molecular weight excluding hydrogens is 879 g/mol. The lowest BCUT2D eigenvalue weighted by Crippen LogP contribution is -2.37. The number of hydrogen-bond acceptors (Lipinski definition) is 5. The topological polar surface area (TPSA) is 57.1 Å². The molecule has 0 saturated heterocycles. The fourth-order valence-corrected chi connectivity index (χ4v) is 12.0. The first-order valence-electron chi connectivity index (χ1n) is 25.0. The minimum Gasteiger partial charge on any atom is -0.484 e. The molecule has 9 aromatic carbocycles. The van der Waals surface area contributed by atoms with E-state index in [1.807, 2.05) is 36.4 Å². The van der Waals surface area contributed by atoms with Crippen LogP contribution in [0.3, 0.4) is 0 Å². The maximum Gasteiger partial charge on any atom is 0.164 e. The van der Waals surface area contributed by atoms with Gasteiger partial charge >= 0.3 is 0 Å². The third kappa shape index (κ3) is 6.80. The van der Waals surface area contributed by atoms with Gasteiger partial charge in [0.25, 0.3) is 0 Å². The Morgan fingerprint density at radius 2 is 0.944 bits per heavy atom. The summed E-state index contributed by atoms with van der Waals surface area (Å²) in [7, 11) is 0. The van der Waals surface area contributed by atoms with Crippen LogP contribution in [-0.4, -0.2) is 21.1 Å². The van der Waals surface area contributed by atoms with Crippen molar-refractivity contribution in [3.05, 3.63) is 293 Å². The molecule has 3 unspecified atom stereocenters. The Kier molecular flexibility index (Phi) is 10.0. The van der Waals surface area contributed by atoms with Crippen LogP contribution >= 0.6 is 0 Å². The first-order valence-corrected chi connectivity index (χ1v) is 25.0. The highest BCUT2D eigenvalue weighted by molar-refractivity contribution is 5.79. The zero-order valence-corrected chi connectivity index (χ0v) is 39.4. The molecule has 72 heavy (non-hydrogen) atoms. The highest BCUT2D eigenvalue weighted by Crippen LogP contribution is 2.60. The minimum absolute atomic E-state index is 0.0381. The molecule has 0 saturated carbocycles. The standard InChI is InChI=1S/C67H47N3O2/c1-5-19-43(20-6-1)48-36-35-45-37-39-50(51-40-38-49(44-21-7-2-8-22-44)42-59(51)67(58(45)41-48)56-31-13-15-33-60(56)71-61-34-16-14-32-57(61)67)52-27-17-28-53-54-29-18-30-55(63(54)72-62(52)53)66-69-64(46-23-9-3-10-24-46)68-65(70-66)47-25-11-4-12-26-47/h1-36,38,40-42,50,54,63H,37,39H2. The monoisotopic (exact) mass is 925 g/mol. The Bertz CT molecular complexity index is 3670. The second-order valence-electron chi connectivity index (χ2n) is 19.2. The van der Waals surface area contributed by atoms with Crippen molar-refractivity contribution in [3.63, 3.8) is 0 Å². The first kappa shape index (κ1) is 42.0. The molecule has 4 aliphatic rings. The van der Waals surface area contributed by atoms with Gasteiger partial charge in [-0.2, -0.15) is 0 Å². The van der Waals surface area contributed by atoms with Crippen LogP contribution in [0.2, 0.25) is 0 Å². The average molecular weight is 926 g/mol. The van der Waals surface area contributed by atoms with Gasteiger partial charge in [0.1, 0.15) is 23.4 Å². The summed E-state index contributed by atoms with van der Waals surface area (Å²) in [4.78, 5) is 15.4. The normalized spacial score (nSPS) is 17.6. The van der Waals surface area contributed by atoms with E-state index in [0.717, 1.165) is 63.5 Å². The van der Waals surface area contributed by atoms with Crippen LogP contribution in [0.15, 0.2) is 243 Å². The van der Waals surface area contributed by atoms with Gasteiger partial charge < -0.3 is 9.47 Å². The Balaban J connectivity index is 0.974. The van der Waals surface area contributed by atoms with E-state index in [0.29, 0.717) is 17.5 Å². The number of aromatic nitrogens is 3. The number of para-hydroxylation sites is 3. The quantitative estimate of drug-likeness (QED) is 0.166. The lowest BCUT2D eigenvalue weighted by Gasteiger charge is -2.45. The van der Waals surface area contributed by atoms with Gasteiger partial charge in [0.05, 0.1) is 5.41 Å². The second kappa shape index (κ2) is 17.2. The molecular formula is C67H47N3O2. The second-order valence-corrected chi connectivity index (χ2v) is 19.2. The first-order chi connectivity index (χ1) is 35.7. The van der Waals surface area contributed by atoms with Crippen molar-refractivity contribution in [2.75, 3.05) is 0 Å². The number of rotatable bonds is 6. The maximum atomic E-state index is 7.48. The molecule has 0 fully saturated rings. The molecule has 3 heterocycles. The number of ether oxygens (including phenoxy) is 2. The molecule has 14 rings (SSSR count). The summed E-state index contributed by atoms with van der Waals surface area (Å²) in [5.74, 6) is 4.47. The van der Waals surface area contributed by atoms with E-state index in [1.54, 1.807) is 0 Å². The van der Waals surface area contributed by atoms with Gasteiger partial charge in [-0.3, -0.25) is 0 Å². The molecule has 3 atom stereocenters. The van der Waals surface area contributed by atoms with Crippen molar-refractivity contribution >= 4 is 5.57 Å². The molecule has 0 bridgehead atoms. The van der Waals surface area contributed by atoms with Crippen molar-refractivity contribution in [1.29, 1.82) is 0 Å². The van der Waals surface area contributed by atoms with E-state index < -0.39 is 5.41 Å². The van der Waals surface area contributed by atoms with E-state index in [2.05, 4.69) is 206 Å². The molecule has 5 heteroatoms. The number of aryl methyl sites for hydroxylation is 1. The van der Waals surface area contributed by atoms with Crippen LogP contribution in [0, 0.1) is 0 Å². The van der Waals surface area contributed by atoms with Crippen molar-refractivity contribution in [1.82, 2.24) is 15.0 Å². The van der Waals surface area contributed by atoms with Crippen LogP contribution in [0.25, 0.3) is 50.6 Å². The van der Waals surface area contributed by atoms with E-state index >= 15 is 0 Å². The summed E-state index contributed by atoms with van der Waals surface area (Å²) in [6.45, 7) is 0. The molecule has 342 valence electrons. The van der Waals surface area contributed by atoms with Crippen LogP contribution < -0.4 is 9.47 Å². The summed E-state index contributed by atoms with van der Waals surface area (Å²) < 4.78 is 14.4. The highest BCUT2D eigenvalue weighted by Gasteiger charge is 2.50. The molecule has 2 aliphatic carbocycles. The van der Waals surface area contributed by atoms with Gasteiger partial charge in [-0.1, -0.05) is 218 Å². The number of benzene rings is 9. The summed E-state index contributed by atoms with van der Waals surface area (Å²) in [5, 5.41) is 0. The zero-order valence-electron chi connectivity index (χ0n) is 39.4. The van der Waals surface area contributed by atoms with Crippen LogP contribution in [0.1, 0.15) is 68.6 Å². The summed E-state index contributed by atoms with van der Waals surface area (Å²) >= 11 is 0. The van der Waals surface area contributed by atoms with Crippen LogP contribution in [0.5, 0.6) is 17.2 Å². The largest absolute Gasteiger partial charge is 0.484 e. The van der Waals surface area contributed by atoms with E-state index in [1.165, 1.54) is 50.1 Å². The maximum absolute atomic E-state index is 7.48. The molecule has 2 aliphatic heterocycles. The minimum atomic E-state index is -0.762. The van der Waals surface area contributed by atoms with Gasteiger partial charge in [0, 0.05) is 50.8 Å². The number of hydrogen-bond donors (Lipinski definition) is 0. The fraction of sp³-hybridized carbons (Fsp3) is 0.0896. The predicted octanol–water partition coefficient (Wildman–Crippen LogP) is 15.6. The lowest BCUT2D eigenvalue weighted by molar-refractivity contribution is 0.274. The summed E-state index contributed by atoms with van der Waals surface area (Å²) in [6, 6.07) is 80.6. The summed E-state index contributed by atoms with van der Waals surface area (Å²) in [6.07, 6.45) is 7.94. The Morgan fingerprint density at radius 3 is 1.57 bits per heavy atom. The highest BCUT2D eigenvalue weighted by atomic mass is 16.5. The Labute approximate surface area is 419 Å². The predicted molar refractivity (Wildman–Crippen MR) is 287 cm³/mol. The number of allylic oxidation sites excluding steroid dienone is 2. The SMILES string of the molecule is C1=CC2c3cccc(C4CCc5ccc(-c6ccccc6)cc5C5(c6ccccc6Oc6ccccc65)c5cc(-c6ccccc6)ccc54)c3OC2C(c2nc(-c3ccccc3)nc(-c3ccccc3)n2)=C1. The van der Waals surface area contributed by atoms with Gasteiger partial charge in [0.2, 0.25) is 0 Å². The van der Waals surface area contributed by atoms with Gasteiger partial charge in [-0.05, 0) is 81.6 Å². The number of nitrogens with zero attached hydrogens (tertiary/aromatic N) is 3. The average Bonchev–Trinajstić information content (AvgIpc) is 3.85. The van der Waals surface area contributed by atoms with E-state index in [9.17, 15) is 0 Å². The lowest BCUT2D eigenvalue weighted by atomic mass is 9.58. The van der Waals surface area contributed by atoms with Gasteiger partial charge in [-0.15, -0.1) is 0 Å². The van der Waals surface area contributed by atoms with Gasteiger partial charge in [-0.25, -0.2) is 15.0 Å². The third-order valence-corrected chi connectivity index (χ3v) is 15.3. The van der Waals surface area contributed by atoms with E-state index in [4.69, 9.17) is 24.4 Å². The molecule has 0 radical (unpaired) electrons. The van der Waals surface area contributed by atoms with Crippen molar-refractivity contribution < 1.29 is 9.47 Å². The molecule has 0 N–H and O–H groups in total. The Hall–Kier alpha value is -8.93.